The fourth-order valence-electron chi connectivity index (χ4n) is 9.51. The zero-order valence-electron chi connectivity index (χ0n) is 39.7. The van der Waals surface area contributed by atoms with Crippen LogP contribution in [0.4, 0.5) is 0 Å². The van der Waals surface area contributed by atoms with Gasteiger partial charge in [-0.05, 0) is 73.5 Å². The van der Waals surface area contributed by atoms with Gasteiger partial charge in [0.05, 0.1) is 55.2 Å². The molecule has 0 aromatic heterocycles. The molecule has 368 valence electrons. The third-order valence-corrected chi connectivity index (χ3v) is 13.4. The SMILES string of the molecule is CC[C@H]1OC(=O)C[C@@H](O)[C@H](C)[C@@H](O[C@@H]2O[C@H](C)[C@@H](O[C@H]3C[C@@](C)(O)[C@@H](O)[C@H](C)O3)[C@H](N(C)C)[C@H]2O)[C@@H](CC=O)C[C@@H](C)C(=O)/C=C/C(C)=C/[C@H]1CO[C@@H]1O[C@H](C)[C@@H](O)[C@@H](OC)[C@H]1OC. The third-order valence-electron chi connectivity index (χ3n) is 13.4. The number of cyclic esters (lactones) is 1. The first-order valence-corrected chi connectivity index (χ1v) is 22.7. The standard InChI is InChI=1S/C46H77NO17/c1-13-33-30(22-58-45-42(57-12)41(56-11)37(52)26(5)60-45)18-23(2)14-15-31(49)24(3)19-29(16-17-48)39(25(4)32(50)20-34(51)62-33)64-44-38(53)36(47(9)10)40(27(6)61-44)63-35-21-46(8,55)43(54)28(7)59-35/h14-15,17-18,24-30,32-33,35-45,50,52-55H,13,16,19-22H2,1-12H3/b15-14+,23-18+/t24-,25+,26-,27-,28+,29+,30+,32-,33-,35+,36-,37-,38-,39-,40-,41-,42-,43+,44+,45-,46-/m1/s1. The lowest BCUT2D eigenvalue weighted by Crippen LogP contribution is -2.65. The molecule has 0 aromatic rings. The van der Waals surface area contributed by atoms with E-state index in [0.29, 0.717) is 12.0 Å². The molecule has 3 saturated heterocycles. The lowest BCUT2D eigenvalue weighted by molar-refractivity contribution is -0.341. The molecule has 0 radical (unpaired) electrons. The molecule has 4 rings (SSSR count). The Morgan fingerprint density at radius 1 is 0.859 bits per heavy atom. The van der Waals surface area contributed by atoms with E-state index >= 15 is 0 Å². The van der Waals surface area contributed by atoms with Crippen LogP contribution < -0.4 is 0 Å². The molecular formula is C46H77NO17. The van der Waals surface area contributed by atoms with Gasteiger partial charge in [-0.3, -0.25) is 9.59 Å². The molecule has 4 aliphatic heterocycles. The molecule has 64 heavy (non-hydrogen) atoms. The van der Waals surface area contributed by atoms with Crippen molar-refractivity contribution in [2.45, 2.75) is 191 Å². The van der Waals surface area contributed by atoms with Crippen molar-refractivity contribution in [1.82, 2.24) is 4.90 Å². The highest BCUT2D eigenvalue weighted by atomic mass is 16.7. The predicted octanol–water partition coefficient (Wildman–Crippen LogP) is 1.83. The quantitative estimate of drug-likeness (QED) is 0.131. The van der Waals surface area contributed by atoms with Crippen molar-refractivity contribution in [2.24, 2.45) is 23.7 Å². The lowest BCUT2D eigenvalue weighted by atomic mass is 9.79. The van der Waals surface area contributed by atoms with E-state index in [-0.39, 0.29) is 31.7 Å². The summed E-state index contributed by atoms with van der Waals surface area (Å²) < 4.78 is 54.7. The monoisotopic (exact) mass is 916 g/mol. The Morgan fingerprint density at radius 3 is 2.11 bits per heavy atom. The van der Waals surface area contributed by atoms with Crippen LogP contribution in [0.1, 0.15) is 87.5 Å². The first-order valence-electron chi connectivity index (χ1n) is 22.7. The molecule has 21 atom stereocenters. The maximum Gasteiger partial charge on any atom is 0.308 e. The van der Waals surface area contributed by atoms with E-state index in [4.69, 9.17) is 42.6 Å². The van der Waals surface area contributed by atoms with Crippen molar-refractivity contribution < 1.29 is 82.5 Å². The van der Waals surface area contributed by atoms with Gasteiger partial charge in [0.2, 0.25) is 0 Å². The van der Waals surface area contributed by atoms with Gasteiger partial charge in [0.1, 0.15) is 49.0 Å². The Hall–Kier alpha value is -2.27. The Labute approximate surface area is 378 Å². The molecule has 4 heterocycles. The van der Waals surface area contributed by atoms with E-state index in [2.05, 4.69) is 0 Å². The van der Waals surface area contributed by atoms with Crippen LogP contribution in [0.2, 0.25) is 0 Å². The highest BCUT2D eigenvalue weighted by Crippen LogP contribution is 2.37. The smallest absolute Gasteiger partial charge is 0.308 e. The summed E-state index contributed by atoms with van der Waals surface area (Å²) >= 11 is 0. The minimum atomic E-state index is -1.49. The van der Waals surface area contributed by atoms with E-state index in [0.717, 1.165) is 6.29 Å². The lowest BCUT2D eigenvalue weighted by Gasteiger charge is -2.50. The summed E-state index contributed by atoms with van der Waals surface area (Å²) in [5.74, 6) is -3.59. The molecule has 0 aromatic carbocycles. The number of rotatable bonds is 13. The Bertz CT molecular complexity index is 1560. The second-order valence-corrected chi connectivity index (χ2v) is 18.7. The van der Waals surface area contributed by atoms with Gasteiger partial charge in [0.15, 0.2) is 24.7 Å². The predicted molar refractivity (Wildman–Crippen MR) is 230 cm³/mol. The molecule has 3 fully saturated rings. The molecule has 0 amide bonds. The molecule has 4 aliphatic rings. The van der Waals surface area contributed by atoms with Gasteiger partial charge in [-0.15, -0.1) is 0 Å². The summed E-state index contributed by atoms with van der Waals surface area (Å²) in [7, 11) is 6.43. The number of likely N-dealkylation sites (N-methyl/N-ethyl adjacent to an activating group) is 1. The van der Waals surface area contributed by atoms with Crippen molar-refractivity contribution >= 4 is 18.0 Å². The van der Waals surface area contributed by atoms with E-state index in [1.54, 1.807) is 59.7 Å². The Kier molecular flexibility index (Phi) is 20.5. The molecule has 18 heteroatoms. The van der Waals surface area contributed by atoms with Crippen molar-refractivity contribution in [3.8, 4) is 0 Å². The first-order chi connectivity index (χ1) is 30.1. The number of hydrogen-bond donors (Lipinski definition) is 5. The highest BCUT2D eigenvalue weighted by Gasteiger charge is 2.52. The largest absolute Gasteiger partial charge is 0.462 e. The summed E-state index contributed by atoms with van der Waals surface area (Å²) in [6.45, 7) is 13.6. The zero-order valence-corrected chi connectivity index (χ0v) is 39.7. The molecule has 5 N–H and O–H groups in total. The maximum absolute atomic E-state index is 13.8. The summed E-state index contributed by atoms with van der Waals surface area (Å²) in [6.07, 6.45) is -8.49. The number of aliphatic hydroxyl groups excluding tert-OH is 4. The van der Waals surface area contributed by atoms with Crippen LogP contribution in [-0.4, -0.2) is 187 Å². The van der Waals surface area contributed by atoms with Crippen molar-refractivity contribution in [3.63, 3.8) is 0 Å². The van der Waals surface area contributed by atoms with Crippen LogP contribution in [0.3, 0.4) is 0 Å². The van der Waals surface area contributed by atoms with Crippen LogP contribution in [0.15, 0.2) is 23.8 Å². The molecule has 0 saturated carbocycles. The zero-order chi connectivity index (χ0) is 47.8. The molecule has 0 unspecified atom stereocenters. The highest BCUT2D eigenvalue weighted by molar-refractivity contribution is 5.91. The second-order valence-electron chi connectivity index (χ2n) is 18.7. The van der Waals surface area contributed by atoms with Gasteiger partial charge in [0.25, 0.3) is 0 Å². The number of allylic oxidation sites excluding steroid dienone is 3. The van der Waals surface area contributed by atoms with Gasteiger partial charge in [0, 0.05) is 44.8 Å². The van der Waals surface area contributed by atoms with Crippen LogP contribution in [-0.2, 0) is 57.0 Å². The second kappa shape index (κ2) is 24.1. The number of methoxy groups -OCH3 is 2. The van der Waals surface area contributed by atoms with Gasteiger partial charge in [-0.1, -0.05) is 38.5 Å². The van der Waals surface area contributed by atoms with Crippen LogP contribution >= 0.6 is 0 Å². The van der Waals surface area contributed by atoms with Gasteiger partial charge >= 0.3 is 5.97 Å². The van der Waals surface area contributed by atoms with Crippen molar-refractivity contribution in [3.05, 3.63) is 23.8 Å². The fourth-order valence-corrected chi connectivity index (χ4v) is 9.51. The number of ether oxygens (including phenoxy) is 9. The average molecular weight is 916 g/mol. The molecule has 18 nitrogen and oxygen atoms in total. The normalized spacial score (nSPS) is 45.9. The minimum Gasteiger partial charge on any atom is -0.462 e. The molecular weight excluding hydrogens is 838 g/mol. The summed E-state index contributed by atoms with van der Waals surface area (Å²) in [5.41, 5.74) is -0.806. The third kappa shape index (κ3) is 13.5. The number of nitrogens with zero attached hydrogens (tertiary/aromatic N) is 1. The molecule has 0 aliphatic carbocycles. The van der Waals surface area contributed by atoms with Crippen molar-refractivity contribution in [1.29, 1.82) is 0 Å². The van der Waals surface area contributed by atoms with Gasteiger partial charge in [-0.2, -0.15) is 0 Å². The number of carbonyl (C=O) groups excluding carboxylic acids is 3. The number of carbonyl (C=O) groups is 3. The average Bonchev–Trinajstić information content (AvgIpc) is 3.23. The topological polar surface area (TPSA) is 239 Å². The number of aldehydes is 1. The number of ketones is 1. The molecule has 0 bridgehead atoms. The Morgan fingerprint density at radius 2 is 1.52 bits per heavy atom. The van der Waals surface area contributed by atoms with E-state index in [9.17, 15) is 39.9 Å². The van der Waals surface area contributed by atoms with E-state index in [1.165, 1.54) is 27.2 Å². The molecule has 0 spiro atoms. The van der Waals surface area contributed by atoms with E-state index in [1.807, 2.05) is 19.9 Å². The minimum absolute atomic E-state index is 0.00788. The fraction of sp³-hybridized carbons (Fsp3) is 0.848. The number of aliphatic hydroxyl groups is 5. The van der Waals surface area contributed by atoms with Crippen molar-refractivity contribution in [2.75, 3.05) is 34.9 Å². The summed E-state index contributed by atoms with van der Waals surface area (Å²) in [6, 6.07) is -0.748. The van der Waals surface area contributed by atoms with Gasteiger partial charge < -0.3 is 77.9 Å². The van der Waals surface area contributed by atoms with Crippen LogP contribution in [0, 0.1) is 23.7 Å². The van der Waals surface area contributed by atoms with Gasteiger partial charge in [-0.25, -0.2) is 0 Å². The van der Waals surface area contributed by atoms with Crippen LogP contribution in [0.5, 0.6) is 0 Å². The van der Waals surface area contributed by atoms with Crippen LogP contribution in [0.25, 0.3) is 0 Å². The first kappa shape index (κ1) is 54.3. The Balaban J connectivity index is 1.62. The summed E-state index contributed by atoms with van der Waals surface area (Å²) in [5, 5.41) is 55.8. The maximum atomic E-state index is 13.8. The van der Waals surface area contributed by atoms with E-state index < -0.39 is 140 Å². The summed E-state index contributed by atoms with van der Waals surface area (Å²) in [4.78, 5) is 41.5. The number of esters is 1. The number of hydrogen-bond acceptors (Lipinski definition) is 18.